The predicted octanol–water partition coefficient (Wildman–Crippen LogP) is 2.95. The van der Waals surface area contributed by atoms with Crippen LogP contribution in [0.25, 0.3) is 0 Å². The zero-order valence-electron chi connectivity index (χ0n) is 14.8. The highest BCUT2D eigenvalue weighted by Crippen LogP contribution is 2.22. The molecular formula is C21H25N3O2. The molecule has 1 fully saturated rings. The van der Waals surface area contributed by atoms with Gasteiger partial charge in [0.1, 0.15) is 0 Å². The van der Waals surface area contributed by atoms with Crippen LogP contribution in [0.2, 0.25) is 0 Å². The van der Waals surface area contributed by atoms with Crippen molar-refractivity contribution in [3.05, 3.63) is 66.2 Å². The van der Waals surface area contributed by atoms with Gasteiger partial charge < -0.3 is 16.0 Å². The summed E-state index contributed by atoms with van der Waals surface area (Å²) in [5.74, 6) is 0.0367. The molecule has 0 bridgehead atoms. The van der Waals surface area contributed by atoms with Crippen molar-refractivity contribution in [2.45, 2.75) is 25.3 Å². The largest absolute Gasteiger partial charge is 0.343 e. The fourth-order valence-corrected chi connectivity index (χ4v) is 3.29. The summed E-state index contributed by atoms with van der Waals surface area (Å²) in [6.45, 7) is 1.21. The lowest BCUT2D eigenvalue weighted by Gasteiger charge is -2.32. The maximum atomic E-state index is 12.5. The van der Waals surface area contributed by atoms with Gasteiger partial charge in [0, 0.05) is 37.2 Å². The van der Waals surface area contributed by atoms with Gasteiger partial charge in [0.05, 0.1) is 0 Å². The van der Waals surface area contributed by atoms with E-state index in [4.69, 9.17) is 5.73 Å². The van der Waals surface area contributed by atoms with Crippen LogP contribution in [0.15, 0.2) is 60.7 Å². The Kier molecular flexibility index (Phi) is 6.02. The predicted molar refractivity (Wildman–Crippen MR) is 102 cm³/mol. The van der Waals surface area contributed by atoms with Crippen LogP contribution in [0.5, 0.6) is 0 Å². The Morgan fingerprint density at radius 1 is 1.00 bits per heavy atom. The highest BCUT2D eigenvalue weighted by atomic mass is 16.2. The zero-order valence-corrected chi connectivity index (χ0v) is 14.8. The van der Waals surface area contributed by atoms with E-state index in [1.54, 1.807) is 0 Å². The molecule has 1 aliphatic heterocycles. The minimum Gasteiger partial charge on any atom is -0.343 e. The SMILES string of the molecule is NC(CC(=O)N1CCC(C(=O)Nc2ccccc2)CC1)c1ccccc1. The van der Waals surface area contributed by atoms with E-state index in [9.17, 15) is 9.59 Å². The maximum absolute atomic E-state index is 12.5. The first-order valence-electron chi connectivity index (χ1n) is 9.07. The molecule has 5 nitrogen and oxygen atoms in total. The standard InChI is InChI=1S/C21H25N3O2/c22-19(16-7-3-1-4-8-16)15-20(25)24-13-11-17(12-14-24)21(26)23-18-9-5-2-6-10-18/h1-10,17,19H,11-15,22H2,(H,23,26). The Labute approximate surface area is 154 Å². The van der Waals surface area contributed by atoms with Crippen LogP contribution < -0.4 is 11.1 Å². The lowest BCUT2D eigenvalue weighted by Crippen LogP contribution is -2.42. The average Bonchev–Trinajstić information content (AvgIpc) is 2.69. The lowest BCUT2D eigenvalue weighted by atomic mass is 9.95. The van der Waals surface area contributed by atoms with Gasteiger partial charge in [-0.3, -0.25) is 9.59 Å². The lowest BCUT2D eigenvalue weighted by molar-refractivity contribution is -0.134. The van der Waals surface area contributed by atoms with Gasteiger partial charge in [0.15, 0.2) is 0 Å². The van der Waals surface area contributed by atoms with Crippen molar-refractivity contribution in [2.75, 3.05) is 18.4 Å². The number of hydrogen-bond acceptors (Lipinski definition) is 3. The smallest absolute Gasteiger partial charge is 0.227 e. The van der Waals surface area contributed by atoms with Gasteiger partial charge in [-0.25, -0.2) is 0 Å². The molecule has 3 rings (SSSR count). The summed E-state index contributed by atoms with van der Waals surface area (Å²) >= 11 is 0. The molecule has 2 aromatic carbocycles. The molecular weight excluding hydrogens is 326 g/mol. The third kappa shape index (κ3) is 4.70. The molecule has 1 atom stereocenters. The number of para-hydroxylation sites is 1. The van der Waals surface area contributed by atoms with Gasteiger partial charge >= 0.3 is 0 Å². The van der Waals surface area contributed by atoms with Crippen LogP contribution >= 0.6 is 0 Å². The van der Waals surface area contributed by atoms with E-state index < -0.39 is 0 Å². The Bertz CT molecular complexity index is 725. The quantitative estimate of drug-likeness (QED) is 0.870. The molecule has 26 heavy (non-hydrogen) atoms. The summed E-state index contributed by atoms with van der Waals surface area (Å²) in [5, 5.41) is 2.95. The summed E-state index contributed by atoms with van der Waals surface area (Å²) in [6.07, 6.45) is 1.67. The van der Waals surface area contributed by atoms with E-state index in [0.717, 1.165) is 11.3 Å². The first kappa shape index (κ1) is 18.1. The van der Waals surface area contributed by atoms with Crippen molar-refractivity contribution in [3.63, 3.8) is 0 Å². The second-order valence-corrected chi connectivity index (χ2v) is 6.73. The molecule has 0 saturated carbocycles. The number of rotatable bonds is 5. The third-order valence-electron chi connectivity index (χ3n) is 4.88. The van der Waals surface area contributed by atoms with Crippen molar-refractivity contribution in [1.29, 1.82) is 0 Å². The zero-order chi connectivity index (χ0) is 18.4. The highest BCUT2D eigenvalue weighted by Gasteiger charge is 2.28. The number of hydrogen-bond donors (Lipinski definition) is 2. The van der Waals surface area contributed by atoms with Crippen LogP contribution in [0, 0.1) is 5.92 Å². The minimum atomic E-state index is -0.289. The van der Waals surface area contributed by atoms with Crippen LogP contribution in [0.1, 0.15) is 30.9 Å². The molecule has 0 aliphatic carbocycles. The summed E-state index contributed by atoms with van der Waals surface area (Å²) in [5.41, 5.74) is 7.93. The molecule has 0 aromatic heterocycles. The van der Waals surface area contributed by atoms with E-state index in [1.165, 1.54) is 0 Å². The molecule has 1 saturated heterocycles. The van der Waals surface area contributed by atoms with E-state index >= 15 is 0 Å². The molecule has 5 heteroatoms. The van der Waals surface area contributed by atoms with Crippen LogP contribution in [0.4, 0.5) is 5.69 Å². The number of nitrogens with zero attached hydrogens (tertiary/aromatic N) is 1. The van der Waals surface area contributed by atoms with Crippen molar-refractivity contribution < 1.29 is 9.59 Å². The van der Waals surface area contributed by atoms with Crippen molar-refractivity contribution in [1.82, 2.24) is 4.90 Å². The average molecular weight is 351 g/mol. The number of carbonyl (C=O) groups excluding carboxylic acids is 2. The summed E-state index contributed by atoms with van der Waals surface area (Å²) in [4.78, 5) is 26.7. The van der Waals surface area contributed by atoms with Gasteiger partial charge in [-0.05, 0) is 30.5 Å². The van der Waals surface area contributed by atoms with Gasteiger partial charge in [0.2, 0.25) is 11.8 Å². The Balaban J connectivity index is 1.47. The van der Waals surface area contributed by atoms with E-state index in [1.807, 2.05) is 65.6 Å². The second-order valence-electron chi connectivity index (χ2n) is 6.73. The van der Waals surface area contributed by atoms with E-state index in [2.05, 4.69) is 5.32 Å². The van der Waals surface area contributed by atoms with Gasteiger partial charge in [-0.15, -0.1) is 0 Å². The molecule has 2 amide bonds. The van der Waals surface area contributed by atoms with Gasteiger partial charge in [-0.1, -0.05) is 48.5 Å². The van der Waals surface area contributed by atoms with E-state index in [0.29, 0.717) is 32.4 Å². The molecule has 1 aliphatic rings. The normalized spacial score (nSPS) is 16.1. The maximum Gasteiger partial charge on any atom is 0.227 e. The molecule has 0 radical (unpaired) electrons. The number of anilines is 1. The van der Waals surface area contributed by atoms with Crippen molar-refractivity contribution >= 4 is 17.5 Å². The fourth-order valence-electron chi connectivity index (χ4n) is 3.29. The van der Waals surface area contributed by atoms with Crippen molar-refractivity contribution in [2.24, 2.45) is 11.7 Å². The number of likely N-dealkylation sites (tertiary alicyclic amines) is 1. The topological polar surface area (TPSA) is 75.4 Å². The van der Waals surface area contributed by atoms with Crippen LogP contribution in [-0.2, 0) is 9.59 Å². The fraction of sp³-hybridized carbons (Fsp3) is 0.333. The Hall–Kier alpha value is -2.66. The minimum absolute atomic E-state index is 0.0317. The first-order chi connectivity index (χ1) is 12.6. The summed E-state index contributed by atoms with van der Waals surface area (Å²) < 4.78 is 0. The van der Waals surface area contributed by atoms with Crippen molar-refractivity contribution in [3.8, 4) is 0 Å². The van der Waals surface area contributed by atoms with Crippen LogP contribution in [-0.4, -0.2) is 29.8 Å². The molecule has 2 aromatic rings. The van der Waals surface area contributed by atoms with E-state index in [-0.39, 0.29) is 23.8 Å². The Morgan fingerprint density at radius 2 is 1.58 bits per heavy atom. The monoisotopic (exact) mass is 351 g/mol. The number of carbonyl (C=O) groups is 2. The number of nitrogens with two attached hydrogens (primary N) is 1. The summed E-state index contributed by atoms with van der Waals surface area (Å²) in [7, 11) is 0. The number of piperidine rings is 1. The third-order valence-corrected chi connectivity index (χ3v) is 4.88. The van der Waals surface area contributed by atoms with Gasteiger partial charge in [0.25, 0.3) is 0 Å². The molecule has 1 heterocycles. The second kappa shape index (κ2) is 8.63. The first-order valence-corrected chi connectivity index (χ1v) is 9.07. The molecule has 1 unspecified atom stereocenters. The highest BCUT2D eigenvalue weighted by molar-refractivity contribution is 5.92. The number of benzene rings is 2. The number of amides is 2. The molecule has 3 N–H and O–H groups in total. The number of nitrogens with one attached hydrogen (secondary N) is 1. The van der Waals surface area contributed by atoms with Gasteiger partial charge in [-0.2, -0.15) is 0 Å². The molecule has 136 valence electrons. The summed E-state index contributed by atoms with van der Waals surface area (Å²) in [6, 6.07) is 18.8. The Morgan fingerprint density at radius 3 is 2.19 bits per heavy atom. The molecule has 0 spiro atoms. The van der Waals surface area contributed by atoms with Crippen LogP contribution in [0.3, 0.4) is 0 Å².